The fourth-order valence-corrected chi connectivity index (χ4v) is 2.82. The Morgan fingerprint density at radius 1 is 0.767 bits per heavy atom. The Kier molecular flexibility index (Phi) is 6.84. The molecule has 0 aliphatic heterocycles. The first kappa shape index (κ1) is 20.7. The largest absolute Gasteiger partial charge is 0.496 e. The van der Waals surface area contributed by atoms with Gasteiger partial charge in [0.2, 0.25) is 0 Å². The number of ether oxygens (including phenoxy) is 2. The molecule has 0 spiro atoms. The lowest BCUT2D eigenvalue weighted by atomic mass is 10.1. The Morgan fingerprint density at radius 3 is 2.07 bits per heavy atom. The first-order chi connectivity index (χ1) is 14.6. The van der Waals surface area contributed by atoms with Gasteiger partial charge in [0, 0.05) is 11.1 Å². The average Bonchev–Trinajstić information content (AvgIpc) is 2.79. The van der Waals surface area contributed by atoms with Crippen LogP contribution in [0.5, 0.6) is 11.5 Å². The maximum atomic E-state index is 13.1. The zero-order valence-corrected chi connectivity index (χ0v) is 16.7. The van der Waals surface area contributed by atoms with Crippen LogP contribution in [0.25, 0.3) is 6.08 Å². The summed E-state index contributed by atoms with van der Waals surface area (Å²) < 4.78 is 10.7. The maximum absolute atomic E-state index is 13.1. The SMILES string of the molecule is COc1ccccc1/C=C(\NC(=O)c1ccccc1)C(=O)Nc1ccccc1OC. The van der Waals surface area contributed by atoms with Gasteiger partial charge in [-0.25, -0.2) is 0 Å². The third kappa shape index (κ3) is 5.05. The van der Waals surface area contributed by atoms with Crippen LogP contribution in [0.2, 0.25) is 0 Å². The lowest BCUT2D eigenvalue weighted by Crippen LogP contribution is -2.30. The molecule has 0 aliphatic carbocycles. The van der Waals surface area contributed by atoms with Gasteiger partial charge in [0.05, 0.1) is 19.9 Å². The topological polar surface area (TPSA) is 76.7 Å². The summed E-state index contributed by atoms with van der Waals surface area (Å²) in [6.45, 7) is 0. The molecule has 0 unspecified atom stereocenters. The molecule has 0 saturated carbocycles. The van der Waals surface area contributed by atoms with Crippen molar-refractivity contribution in [3.63, 3.8) is 0 Å². The van der Waals surface area contributed by atoms with Crippen LogP contribution in [0.4, 0.5) is 5.69 Å². The highest BCUT2D eigenvalue weighted by molar-refractivity contribution is 6.11. The van der Waals surface area contributed by atoms with Crippen LogP contribution in [-0.4, -0.2) is 26.0 Å². The van der Waals surface area contributed by atoms with E-state index in [9.17, 15) is 9.59 Å². The highest BCUT2D eigenvalue weighted by Gasteiger charge is 2.17. The van der Waals surface area contributed by atoms with Crippen molar-refractivity contribution in [2.45, 2.75) is 0 Å². The van der Waals surface area contributed by atoms with Crippen LogP contribution < -0.4 is 20.1 Å². The van der Waals surface area contributed by atoms with Crippen LogP contribution in [-0.2, 0) is 4.79 Å². The number of carbonyl (C=O) groups is 2. The molecule has 0 saturated heterocycles. The first-order valence-electron chi connectivity index (χ1n) is 9.28. The zero-order chi connectivity index (χ0) is 21.3. The smallest absolute Gasteiger partial charge is 0.272 e. The van der Waals surface area contributed by atoms with E-state index in [-0.39, 0.29) is 5.70 Å². The molecule has 0 atom stereocenters. The quantitative estimate of drug-likeness (QED) is 0.583. The van der Waals surface area contributed by atoms with Crippen molar-refractivity contribution in [1.82, 2.24) is 5.32 Å². The van der Waals surface area contributed by atoms with Crippen LogP contribution in [0, 0.1) is 0 Å². The van der Waals surface area contributed by atoms with Crippen LogP contribution >= 0.6 is 0 Å². The van der Waals surface area contributed by atoms with Gasteiger partial charge < -0.3 is 20.1 Å². The Labute approximate surface area is 175 Å². The molecular formula is C24H22N2O4. The number of carbonyl (C=O) groups excluding carboxylic acids is 2. The molecule has 6 nitrogen and oxygen atoms in total. The molecule has 0 fully saturated rings. The number of anilines is 1. The lowest BCUT2D eigenvalue weighted by molar-refractivity contribution is -0.113. The van der Waals surface area contributed by atoms with Gasteiger partial charge in [-0.3, -0.25) is 9.59 Å². The molecule has 2 amide bonds. The number of hydrogen-bond donors (Lipinski definition) is 2. The van der Waals surface area contributed by atoms with Crippen LogP contribution in [0.1, 0.15) is 15.9 Å². The molecule has 3 aromatic rings. The predicted octanol–water partition coefficient (Wildman–Crippen LogP) is 4.11. The second-order valence-corrected chi connectivity index (χ2v) is 6.27. The number of methoxy groups -OCH3 is 2. The second-order valence-electron chi connectivity index (χ2n) is 6.27. The van der Waals surface area contributed by atoms with Crippen LogP contribution in [0.3, 0.4) is 0 Å². The van der Waals surface area contributed by atoms with Crippen molar-refractivity contribution in [3.8, 4) is 11.5 Å². The van der Waals surface area contributed by atoms with E-state index in [0.29, 0.717) is 28.3 Å². The van der Waals surface area contributed by atoms with Crippen molar-refractivity contribution in [3.05, 3.63) is 95.7 Å². The Balaban J connectivity index is 1.95. The molecule has 0 radical (unpaired) electrons. The summed E-state index contributed by atoms with van der Waals surface area (Å²) in [5, 5.41) is 5.49. The summed E-state index contributed by atoms with van der Waals surface area (Å²) in [7, 11) is 3.07. The summed E-state index contributed by atoms with van der Waals surface area (Å²) in [6.07, 6.45) is 1.57. The van der Waals surface area contributed by atoms with E-state index >= 15 is 0 Å². The number of nitrogens with one attached hydrogen (secondary N) is 2. The highest BCUT2D eigenvalue weighted by atomic mass is 16.5. The fourth-order valence-electron chi connectivity index (χ4n) is 2.82. The number of amides is 2. The zero-order valence-electron chi connectivity index (χ0n) is 16.7. The molecule has 3 aromatic carbocycles. The van der Waals surface area contributed by atoms with E-state index in [1.807, 2.05) is 18.2 Å². The van der Waals surface area contributed by atoms with Crippen molar-refractivity contribution >= 4 is 23.6 Å². The highest BCUT2D eigenvalue weighted by Crippen LogP contribution is 2.24. The molecule has 0 bridgehead atoms. The van der Waals surface area contributed by atoms with Gasteiger partial charge in [0.1, 0.15) is 17.2 Å². The number of para-hydroxylation sites is 3. The Morgan fingerprint density at radius 2 is 1.37 bits per heavy atom. The molecule has 30 heavy (non-hydrogen) atoms. The Bertz CT molecular complexity index is 1060. The molecule has 3 rings (SSSR count). The standard InChI is InChI=1S/C24H22N2O4/c1-29-21-14-8-6-12-18(21)16-20(26-23(27)17-10-4-3-5-11-17)24(28)25-19-13-7-9-15-22(19)30-2/h3-16H,1-2H3,(H,25,28)(H,26,27)/b20-16-. The monoisotopic (exact) mass is 402 g/mol. The van der Waals surface area contributed by atoms with Gasteiger partial charge in [0.15, 0.2) is 0 Å². The minimum atomic E-state index is -0.491. The summed E-state index contributed by atoms with van der Waals surface area (Å²) in [5.74, 6) is 0.201. The van der Waals surface area contributed by atoms with E-state index in [2.05, 4.69) is 10.6 Å². The van der Waals surface area contributed by atoms with E-state index in [4.69, 9.17) is 9.47 Å². The molecule has 6 heteroatoms. The predicted molar refractivity (Wildman–Crippen MR) is 117 cm³/mol. The van der Waals surface area contributed by atoms with E-state index in [1.54, 1.807) is 73.8 Å². The molecule has 0 aliphatic rings. The van der Waals surface area contributed by atoms with Crippen molar-refractivity contribution in [1.29, 1.82) is 0 Å². The lowest BCUT2D eigenvalue weighted by Gasteiger charge is -2.14. The first-order valence-corrected chi connectivity index (χ1v) is 9.28. The minimum absolute atomic E-state index is 0.0688. The fraction of sp³-hybridized carbons (Fsp3) is 0.0833. The third-order valence-electron chi connectivity index (χ3n) is 4.32. The normalized spacial score (nSPS) is 10.8. The van der Waals surface area contributed by atoms with Gasteiger partial charge in [-0.2, -0.15) is 0 Å². The van der Waals surface area contributed by atoms with Gasteiger partial charge in [-0.05, 0) is 36.4 Å². The van der Waals surface area contributed by atoms with E-state index in [0.717, 1.165) is 0 Å². The van der Waals surface area contributed by atoms with E-state index < -0.39 is 11.8 Å². The third-order valence-corrected chi connectivity index (χ3v) is 4.32. The molecule has 152 valence electrons. The molecule has 0 heterocycles. The number of rotatable bonds is 7. The van der Waals surface area contributed by atoms with E-state index in [1.165, 1.54) is 7.11 Å². The van der Waals surface area contributed by atoms with Gasteiger partial charge in [-0.1, -0.05) is 48.5 Å². The summed E-state index contributed by atoms with van der Waals surface area (Å²) in [5.41, 5.74) is 1.65. The molecular weight excluding hydrogens is 380 g/mol. The van der Waals surface area contributed by atoms with Crippen molar-refractivity contribution in [2.24, 2.45) is 0 Å². The number of benzene rings is 3. The summed E-state index contributed by atoms with van der Waals surface area (Å²) in [6, 6.07) is 22.9. The van der Waals surface area contributed by atoms with Crippen LogP contribution in [0.15, 0.2) is 84.6 Å². The Hall–Kier alpha value is -4.06. The average molecular weight is 402 g/mol. The van der Waals surface area contributed by atoms with Gasteiger partial charge in [0.25, 0.3) is 11.8 Å². The minimum Gasteiger partial charge on any atom is -0.496 e. The molecule has 2 N–H and O–H groups in total. The molecule has 0 aromatic heterocycles. The second kappa shape index (κ2) is 9.93. The van der Waals surface area contributed by atoms with Gasteiger partial charge >= 0.3 is 0 Å². The summed E-state index contributed by atoms with van der Waals surface area (Å²) >= 11 is 0. The summed E-state index contributed by atoms with van der Waals surface area (Å²) in [4.78, 5) is 25.8. The maximum Gasteiger partial charge on any atom is 0.272 e. The van der Waals surface area contributed by atoms with Crippen molar-refractivity contribution in [2.75, 3.05) is 19.5 Å². The van der Waals surface area contributed by atoms with Crippen molar-refractivity contribution < 1.29 is 19.1 Å². The van der Waals surface area contributed by atoms with Gasteiger partial charge in [-0.15, -0.1) is 0 Å². The number of hydrogen-bond acceptors (Lipinski definition) is 4.